The number of unbranched alkanes of at least 4 members (excludes halogenated alkanes) is 3. The second-order valence-corrected chi connectivity index (χ2v) is 22.2. The fourth-order valence-electron chi connectivity index (χ4n) is 8.66. The summed E-state index contributed by atoms with van der Waals surface area (Å²) >= 11 is 0. The summed E-state index contributed by atoms with van der Waals surface area (Å²) < 4.78 is 21.7. The van der Waals surface area contributed by atoms with Crippen LogP contribution in [0.3, 0.4) is 0 Å². The molecular formula is C54H82O3P2. The van der Waals surface area contributed by atoms with Gasteiger partial charge in [-0.3, -0.25) is 0 Å². The molecule has 326 valence electrons. The fraction of sp³-hybridized carbons (Fsp3) is 0.593. The predicted octanol–water partition coefficient (Wildman–Crippen LogP) is 17.5. The summed E-state index contributed by atoms with van der Waals surface area (Å²) in [4.78, 5) is 0. The highest BCUT2D eigenvalue weighted by Crippen LogP contribution is 2.54. The first-order chi connectivity index (χ1) is 28.1. The minimum absolute atomic E-state index is 0.119. The van der Waals surface area contributed by atoms with E-state index in [9.17, 15) is 0 Å². The first-order valence-electron chi connectivity index (χ1n) is 23.4. The Morgan fingerprint density at radius 3 is 2.15 bits per heavy atom. The van der Waals surface area contributed by atoms with Crippen molar-refractivity contribution in [3.05, 3.63) is 111 Å². The van der Waals surface area contributed by atoms with Gasteiger partial charge in [0.2, 0.25) is 0 Å². The van der Waals surface area contributed by atoms with Crippen molar-refractivity contribution in [1.29, 1.82) is 0 Å². The zero-order valence-corrected chi connectivity index (χ0v) is 41.6. The lowest BCUT2D eigenvalue weighted by atomic mass is 9.74. The minimum Gasteiger partial charge on any atom is -0.480 e. The van der Waals surface area contributed by atoms with E-state index in [0.29, 0.717) is 26.6 Å². The van der Waals surface area contributed by atoms with Crippen LogP contribution in [0.5, 0.6) is 11.5 Å². The van der Waals surface area contributed by atoms with Gasteiger partial charge >= 0.3 is 0 Å². The van der Waals surface area contributed by atoms with Crippen molar-refractivity contribution >= 4 is 23.7 Å². The van der Waals surface area contributed by atoms with E-state index >= 15 is 0 Å². The van der Waals surface area contributed by atoms with E-state index in [2.05, 4.69) is 145 Å². The Bertz CT molecular complexity index is 1840. The van der Waals surface area contributed by atoms with Crippen LogP contribution in [0.25, 0.3) is 6.08 Å². The quantitative estimate of drug-likeness (QED) is 0.0841. The van der Waals surface area contributed by atoms with Gasteiger partial charge in [-0.15, -0.1) is 0 Å². The predicted molar refractivity (Wildman–Crippen MR) is 262 cm³/mol. The smallest absolute Gasteiger partial charge is 0.157 e. The Labute approximate surface area is 366 Å². The summed E-state index contributed by atoms with van der Waals surface area (Å²) in [6.45, 7) is 34.0. The van der Waals surface area contributed by atoms with Crippen molar-refractivity contribution in [2.24, 2.45) is 11.8 Å². The maximum absolute atomic E-state index is 7.41. The Hall–Kier alpha value is -2.60. The molecule has 0 spiro atoms. The normalized spacial score (nSPS) is 17.5. The van der Waals surface area contributed by atoms with E-state index in [1.165, 1.54) is 87.9 Å². The molecule has 1 aliphatic carbocycles. The lowest BCUT2D eigenvalue weighted by Gasteiger charge is -2.37. The molecule has 0 radical (unpaired) electrons. The molecule has 59 heavy (non-hydrogen) atoms. The first kappa shape index (κ1) is 49.1. The topological polar surface area (TPSA) is 27.7 Å². The summed E-state index contributed by atoms with van der Waals surface area (Å²) in [7, 11) is 0.419. The third kappa shape index (κ3) is 13.7. The standard InChI is InChI=1S/C54H82O3P2/c1-15-20-23-42-33-46(25-22-17-3)51(56-58-53(12,13)49-29-28-44(38(8)9)31-40(49)11)48(35-42)47-34-41(18-4)32-45(24-21-16-2)52(47)57-59-54(14,19-5)55-50-36-43(30-37(6)7)27-26-39(50)10/h18,26-29,31-32,34,36-38,42,48,58-59H,4,15-17,19-25,30,33,35H2,1-3,5-14H3. The van der Waals surface area contributed by atoms with Crippen molar-refractivity contribution < 1.29 is 13.8 Å². The molecule has 3 nitrogen and oxygen atoms in total. The molecule has 0 N–H and O–H groups in total. The first-order valence-corrected chi connectivity index (χ1v) is 25.2. The van der Waals surface area contributed by atoms with Crippen LogP contribution in [-0.4, -0.2) is 5.34 Å². The van der Waals surface area contributed by atoms with Crippen LogP contribution >= 0.6 is 17.6 Å². The highest BCUT2D eigenvalue weighted by Gasteiger charge is 2.37. The fourth-order valence-corrected chi connectivity index (χ4v) is 10.6. The average molecular weight is 841 g/mol. The van der Waals surface area contributed by atoms with Gasteiger partial charge in [-0.2, -0.15) is 0 Å². The van der Waals surface area contributed by atoms with Crippen LogP contribution in [0.1, 0.15) is 203 Å². The van der Waals surface area contributed by atoms with Crippen molar-refractivity contribution in [2.45, 2.75) is 196 Å². The van der Waals surface area contributed by atoms with Gasteiger partial charge in [-0.1, -0.05) is 130 Å². The Morgan fingerprint density at radius 1 is 0.814 bits per heavy atom. The van der Waals surface area contributed by atoms with Gasteiger partial charge < -0.3 is 13.8 Å². The highest BCUT2D eigenvalue weighted by atomic mass is 31.1. The molecule has 1 aliphatic rings. The average Bonchev–Trinajstić information content (AvgIpc) is 3.20. The number of allylic oxidation sites excluding steroid dienone is 2. The molecule has 0 amide bonds. The maximum Gasteiger partial charge on any atom is 0.157 e. The van der Waals surface area contributed by atoms with Crippen molar-refractivity contribution in [2.75, 3.05) is 0 Å². The van der Waals surface area contributed by atoms with E-state index in [0.717, 1.165) is 62.9 Å². The molecule has 0 bridgehead atoms. The minimum atomic E-state index is -0.482. The summed E-state index contributed by atoms with van der Waals surface area (Å²) in [5.74, 6) is 5.08. The molecule has 5 unspecified atom stereocenters. The molecule has 0 fully saturated rings. The molecule has 0 saturated heterocycles. The molecule has 0 saturated carbocycles. The van der Waals surface area contributed by atoms with Gasteiger partial charge in [0.25, 0.3) is 0 Å². The molecule has 0 aromatic heterocycles. The van der Waals surface area contributed by atoms with Crippen molar-refractivity contribution in [3.8, 4) is 11.5 Å². The van der Waals surface area contributed by atoms with Crippen molar-refractivity contribution in [1.82, 2.24) is 0 Å². The molecule has 3 aromatic carbocycles. The lowest BCUT2D eigenvalue weighted by molar-refractivity contribution is 0.168. The third-order valence-corrected chi connectivity index (χ3v) is 14.8. The van der Waals surface area contributed by atoms with Crippen molar-refractivity contribution in [3.63, 3.8) is 0 Å². The molecule has 5 heteroatoms. The van der Waals surface area contributed by atoms with Crippen LogP contribution < -0.4 is 9.26 Å². The zero-order chi connectivity index (χ0) is 43.3. The molecule has 4 rings (SSSR count). The van der Waals surface area contributed by atoms with Gasteiger partial charge in [-0.05, 0) is 166 Å². The number of benzene rings is 3. The van der Waals surface area contributed by atoms with Gasteiger partial charge in [0.15, 0.2) is 5.34 Å². The molecular weight excluding hydrogens is 759 g/mol. The second kappa shape index (κ2) is 23.0. The summed E-state index contributed by atoms with van der Waals surface area (Å²) in [5.41, 5.74) is 11.9. The third-order valence-electron chi connectivity index (χ3n) is 12.5. The van der Waals surface area contributed by atoms with E-state index in [1.54, 1.807) is 0 Å². The van der Waals surface area contributed by atoms with E-state index in [1.807, 2.05) is 6.08 Å². The number of ether oxygens (including phenoxy) is 1. The number of hydrogen-bond acceptors (Lipinski definition) is 3. The molecule has 3 aromatic rings. The molecule has 0 aliphatic heterocycles. The van der Waals surface area contributed by atoms with Gasteiger partial charge in [0, 0.05) is 16.6 Å². The molecule has 5 atom stereocenters. The number of rotatable bonds is 24. The Balaban J connectivity index is 1.84. The SMILES string of the molecule is C=Cc1cc(CCCC)c(OPC(C)(CC)Oc2cc(CC(C)C)ccc2C)c(C2CC(CCCC)CC(CCCC)=C2OPC(C)(C)c2ccc(C(C)C)cc2C)c1. The van der Waals surface area contributed by atoms with Gasteiger partial charge in [0.05, 0.1) is 8.81 Å². The summed E-state index contributed by atoms with van der Waals surface area (Å²) in [5, 5.41) is -0.614. The second-order valence-electron chi connectivity index (χ2n) is 19.1. The Morgan fingerprint density at radius 2 is 1.53 bits per heavy atom. The van der Waals surface area contributed by atoms with E-state index < -0.39 is 5.34 Å². The number of aryl methyl sites for hydroxylation is 3. The van der Waals surface area contributed by atoms with Crippen LogP contribution in [0.15, 0.2) is 66.4 Å². The number of hydrogen-bond donors (Lipinski definition) is 0. The van der Waals surface area contributed by atoms with Crippen LogP contribution in [0.4, 0.5) is 0 Å². The summed E-state index contributed by atoms with van der Waals surface area (Å²) in [6.07, 6.45) is 16.5. The maximum atomic E-state index is 7.41. The van der Waals surface area contributed by atoms with Crippen LogP contribution in [-0.2, 0) is 22.5 Å². The lowest BCUT2D eigenvalue weighted by Crippen LogP contribution is -2.27. The van der Waals surface area contributed by atoms with Crippen LogP contribution in [0, 0.1) is 25.7 Å². The zero-order valence-electron chi connectivity index (χ0n) is 39.6. The van der Waals surface area contributed by atoms with Gasteiger partial charge in [0.1, 0.15) is 26.1 Å². The van der Waals surface area contributed by atoms with E-state index in [-0.39, 0.29) is 19.9 Å². The highest BCUT2D eigenvalue weighted by molar-refractivity contribution is 7.34. The summed E-state index contributed by atoms with van der Waals surface area (Å²) in [6, 6.07) is 18.5. The van der Waals surface area contributed by atoms with Crippen LogP contribution in [0.2, 0.25) is 0 Å². The monoisotopic (exact) mass is 841 g/mol. The largest absolute Gasteiger partial charge is 0.480 e. The Kier molecular flexibility index (Phi) is 19.1. The van der Waals surface area contributed by atoms with Gasteiger partial charge in [-0.25, -0.2) is 0 Å². The molecule has 0 heterocycles. The van der Waals surface area contributed by atoms with E-state index in [4.69, 9.17) is 13.8 Å².